The monoisotopic (exact) mass is 494 g/mol. The molecular weight excluding hydrogens is 472 g/mol. The number of morpholine rings is 1. The third kappa shape index (κ3) is 4.86. The van der Waals surface area contributed by atoms with Crippen molar-refractivity contribution < 1.29 is 9.53 Å². The van der Waals surface area contributed by atoms with Gasteiger partial charge in [-0.3, -0.25) is 14.6 Å². The van der Waals surface area contributed by atoms with Crippen LogP contribution in [0, 0.1) is 13.8 Å². The number of aromatic nitrogens is 2. The second kappa shape index (κ2) is 9.18. The number of anilines is 1. The van der Waals surface area contributed by atoms with Gasteiger partial charge in [-0.25, -0.2) is 9.97 Å². The van der Waals surface area contributed by atoms with Crippen LogP contribution >= 0.6 is 38.6 Å². The summed E-state index contributed by atoms with van der Waals surface area (Å²) in [4.78, 5) is 27.6. The molecule has 1 aliphatic rings. The Balaban J connectivity index is 1.58. The highest BCUT2D eigenvalue weighted by Crippen LogP contribution is 2.32. The Morgan fingerprint density at radius 3 is 2.76 bits per heavy atom. The smallest absolute Gasteiger partial charge is 0.272 e. The van der Waals surface area contributed by atoms with Crippen LogP contribution in [-0.2, 0) is 4.74 Å². The molecule has 1 amide bonds. The van der Waals surface area contributed by atoms with E-state index in [9.17, 15) is 4.79 Å². The first-order chi connectivity index (χ1) is 14.0. The van der Waals surface area contributed by atoms with E-state index in [2.05, 4.69) is 31.9 Å². The van der Waals surface area contributed by atoms with Gasteiger partial charge in [0.15, 0.2) is 5.13 Å². The fourth-order valence-corrected chi connectivity index (χ4v) is 5.83. The van der Waals surface area contributed by atoms with Crippen molar-refractivity contribution in [2.45, 2.75) is 20.3 Å². The quantitative estimate of drug-likeness (QED) is 0.504. The van der Waals surface area contributed by atoms with E-state index in [1.54, 1.807) is 11.3 Å². The van der Waals surface area contributed by atoms with Gasteiger partial charge in [0.05, 0.1) is 34.1 Å². The summed E-state index contributed by atoms with van der Waals surface area (Å²) >= 11 is 6.53. The van der Waals surface area contributed by atoms with Crippen LogP contribution < -0.4 is 4.90 Å². The lowest BCUT2D eigenvalue weighted by atomic mass is 10.3. The van der Waals surface area contributed by atoms with Gasteiger partial charge in [-0.15, -0.1) is 11.3 Å². The Morgan fingerprint density at radius 2 is 2.03 bits per heavy atom. The summed E-state index contributed by atoms with van der Waals surface area (Å²) in [5.41, 5.74) is 1.70. The molecule has 0 atom stereocenters. The molecule has 29 heavy (non-hydrogen) atoms. The minimum absolute atomic E-state index is 0.00630. The van der Waals surface area contributed by atoms with Gasteiger partial charge in [0.1, 0.15) is 4.88 Å². The van der Waals surface area contributed by atoms with Crippen molar-refractivity contribution in [3.05, 3.63) is 38.3 Å². The molecule has 2 aromatic heterocycles. The number of fused-ring (bicyclic) bond motifs is 1. The predicted octanol–water partition coefficient (Wildman–Crippen LogP) is 4.50. The van der Waals surface area contributed by atoms with E-state index in [1.807, 2.05) is 30.9 Å². The van der Waals surface area contributed by atoms with E-state index < -0.39 is 0 Å². The van der Waals surface area contributed by atoms with Crippen LogP contribution in [0.2, 0.25) is 0 Å². The van der Waals surface area contributed by atoms with Gasteiger partial charge in [0, 0.05) is 30.7 Å². The molecule has 0 bridgehead atoms. The maximum Gasteiger partial charge on any atom is 0.272 e. The number of aryl methyl sites for hydroxylation is 2. The topological polar surface area (TPSA) is 58.6 Å². The summed E-state index contributed by atoms with van der Waals surface area (Å²) in [6, 6.07) is 6.01. The molecule has 0 saturated carbocycles. The van der Waals surface area contributed by atoms with Crippen LogP contribution in [-0.4, -0.2) is 60.2 Å². The number of hydrogen-bond donors (Lipinski definition) is 0. The first-order valence-electron chi connectivity index (χ1n) is 9.63. The number of halogens is 1. The second-order valence-electron chi connectivity index (χ2n) is 7.02. The van der Waals surface area contributed by atoms with Crippen molar-refractivity contribution >= 4 is 59.9 Å². The Labute approximate surface area is 186 Å². The molecule has 154 valence electrons. The Kier molecular flexibility index (Phi) is 6.60. The summed E-state index contributed by atoms with van der Waals surface area (Å²) in [5.74, 6) is -0.00630. The SMILES string of the molecule is Cc1nc(C)c(C(=O)N(CCCN2CCOCC2)c2nc3ccc(Br)cc3s2)s1. The zero-order chi connectivity index (χ0) is 20.4. The molecule has 6 nitrogen and oxygen atoms in total. The molecular formula is C20H23BrN4O2S2. The lowest BCUT2D eigenvalue weighted by molar-refractivity contribution is 0.0376. The average Bonchev–Trinajstić information content (AvgIpc) is 3.27. The average molecular weight is 495 g/mol. The summed E-state index contributed by atoms with van der Waals surface area (Å²) in [6.07, 6.45) is 0.891. The second-order valence-corrected chi connectivity index (χ2v) is 10.1. The summed E-state index contributed by atoms with van der Waals surface area (Å²) in [6.45, 7) is 8.90. The molecule has 4 rings (SSSR count). The maximum absolute atomic E-state index is 13.4. The van der Waals surface area contributed by atoms with Crippen molar-refractivity contribution in [1.29, 1.82) is 0 Å². The highest BCUT2D eigenvalue weighted by molar-refractivity contribution is 9.10. The predicted molar refractivity (Wildman–Crippen MR) is 122 cm³/mol. The van der Waals surface area contributed by atoms with Crippen molar-refractivity contribution in [2.24, 2.45) is 0 Å². The lowest BCUT2D eigenvalue weighted by Gasteiger charge is -2.27. The minimum atomic E-state index is -0.00630. The van der Waals surface area contributed by atoms with Gasteiger partial charge in [0.2, 0.25) is 0 Å². The number of benzene rings is 1. The van der Waals surface area contributed by atoms with Crippen LogP contribution in [0.1, 0.15) is 26.8 Å². The van der Waals surface area contributed by atoms with E-state index in [4.69, 9.17) is 9.72 Å². The molecule has 0 N–H and O–H groups in total. The van der Waals surface area contributed by atoms with E-state index in [1.165, 1.54) is 11.3 Å². The summed E-state index contributed by atoms with van der Waals surface area (Å²) in [5, 5.41) is 1.66. The highest BCUT2D eigenvalue weighted by Gasteiger charge is 2.25. The van der Waals surface area contributed by atoms with E-state index >= 15 is 0 Å². The molecule has 1 saturated heterocycles. The number of amides is 1. The van der Waals surface area contributed by atoms with E-state index in [0.717, 1.165) is 69.8 Å². The standard InChI is InChI=1S/C20H23BrN4O2S2/c1-13-18(28-14(2)22-13)19(26)25(7-3-6-24-8-10-27-11-9-24)20-23-16-5-4-15(21)12-17(16)29-20/h4-5,12H,3,6-11H2,1-2H3. The Morgan fingerprint density at radius 1 is 1.24 bits per heavy atom. The molecule has 0 unspecified atom stereocenters. The largest absolute Gasteiger partial charge is 0.379 e. The van der Waals surface area contributed by atoms with Crippen molar-refractivity contribution in [2.75, 3.05) is 44.3 Å². The van der Waals surface area contributed by atoms with Crippen LogP contribution in [0.25, 0.3) is 10.2 Å². The van der Waals surface area contributed by atoms with Gasteiger partial charge >= 0.3 is 0 Å². The van der Waals surface area contributed by atoms with Crippen LogP contribution in [0.4, 0.5) is 5.13 Å². The van der Waals surface area contributed by atoms with Crippen LogP contribution in [0.15, 0.2) is 22.7 Å². The molecule has 3 aromatic rings. The van der Waals surface area contributed by atoms with Crippen LogP contribution in [0.3, 0.4) is 0 Å². The molecule has 1 aliphatic heterocycles. The zero-order valence-corrected chi connectivity index (χ0v) is 19.7. The van der Waals surface area contributed by atoms with Gasteiger partial charge in [0.25, 0.3) is 5.91 Å². The first kappa shape index (κ1) is 20.9. The number of rotatable bonds is 6. The van der Waals surface area contributed by atoms with Gasteiger partial charge < -0.3 is 4.74 Å². The molecule has 9 heteroatoms. The Bertz CT molecular complexity index is 1010. The number of carbonyl (C=O) groups is 1. The number of thiazole rings is 2. The normalized spacial score (nSPS) is 15.1. The summed E-state index contributed by atoms with van der Waals surface area (Å²) < 4.78 is 7.51. The van der Waals surface area contributed by atoms with Gasteiger partial charge in [-0.05, 0) is 38.5 Å². The number of carbonyl (C=O) groups excluding carboxylic acids is 1. The maximum atomic E-state index is 13.4. The fraction of sp³-hybridized carbons (Fsp3) is 0.450. The van der Waals surface area contributed by atoms with Gasteiger partial charge in [-0.1, -0.05) is 27.3 Å². The Hall–Kier alpha value is -1.39. The third-order valence-corrected chi connectivity index (χ3v) is 7.47. The molecule has 1 fully saturated rings. The molecule has 3 heterocycles. The highest BCUT2D eigenvalue weighted by atomic mass is 79.9. The lowest BCUT2D eigenvalue weighted by Crippen LogP contribution is -2.39. The van der Waals surface area contributed by atoms with Gasteiger partial charge in [-0.2, -0.15) is 0 Å². The zero-order valence-electron chi connectivity index (χ0n) is 16.5. The van der Waals surface area contributed by atoms with E-state index in [0.29, 0.717) is 11.4 Å². The fourth-order valence-electron chi connectivity index (χ4n) is 3.42. The van der Waals surface area contributed by atoms with Crippen LogP contribution in [0.5, 0.6) is 0 Å². The third-order valence-electron chi connectivity index (χ3n) is 4.87. The van der Waals surface area contributed by atoms with E-state index in [-0.39, 0.29) is 5.91 Å². The number of ether oxygens (including phenoxy) is 1. The molecule has 0 aliphatic carbocycles. The molecule has 0 radical (unpaired) electrons. The first-order valence-corrected chi connectivity index (χ1v) is 12.1. The van der Waals surface area contributed by atoms with Crippen molar-refractivity contribution in [3.8, 4) is 0 Å². The summed E-state index contributed by atoms with van der Waals surface area (Å²) in [7, 11) is 0. The number of hydrogen-bond acceptors (Lipinski definition) is 7. The molecule has 0 spiro atoms. The molecule has 1 aromatic carbocycles. The minimum Gasteiger partial charge on any atom is -0.379 e. The van der Waals surface area contributed by atoms with Crippen molar-refractivity contribution in [3.63, 3.8) is 0 Å². The number of nitrogens with zero attached hydrogens (tertiary/aromatic N) is 4. The van der Waals surface area contributed by atoms with Crippen molar-refractivity contribution in [1.82, 2.24) is 14.9 Å².